The van der Waals surface area contributed by atoms with E-state index in [1.54, 1.807) is 4.90 Å². The predicted octanol–water partition coefficient (Wildman–Crippen LogP) is 2.72. The molecule has 0 saturated heterocycles. The van der Waals surface area contributed by atoms with Gasteiger partial charge in [0.2, 0.25) is 5.91 Å². The third-order valence-electron chi connectivity index (χ3n) is 3.13. The standard InChI is InChI=1S/C16H21NO3/c1-4-5-11-17(15(18)12-16(19)20-3)13(2)14-9-7-6-8-10-14/h4-10,13H,11-12H2,1-3H3/b5-4-. The summed E-state index contributed by atoms with van der Waals surface area (Å²) in [5.41, 5.74) is 1.04. The molecule has 0 radical (unpaired) electrons. The van der Waals surface area contributed by atoms with E-state index in [1.807, 2.05) is 56.3 Å². The second-order valence-corrected chi connectivity index (χ2v) is 4.45. The number of rotatable bonds is 6. The summed E-state index contributed by atoms with van der Waals surface area (Å²) < 4.78 is 4.56. The fourth-order valence-corrected chi connectivity index (χ4v) is 1.90. The van der Waals surface area contributed by atoms with Gasteiger partial charge in [-0.15, -0.1) is 0 Å². The minimum Gasteiger partial charge on any atom is -0.469 e. The molecule has 1 atom stereocenters. The molecule has 0 heterocycles. The van der Waals surface area contributed by atoms with Gasteiger partial charge in [0.15, 0.2) is 0 Å². The number of methoxy groups -OCH3 is 1. The molecule has 0 bridgehead atoms. The average molecular weight is 275 g/mol. The number of benzene rings is 1. The second-order valence-electron chi connectivity index (χ2n) is 4.45. The van der Waals surface area contributed by atoms with E-state index < -0.39 is 5.97 Å². The largest absolute Gasteiger partial charge is 0.469 e. The molecule has 20 heavy (non-hydrogen) atoms. The zero-order chi connectivity index (χ0) is 15.0. The van der Waals surface area contributed by atoms with E-state index in [4.69, 9.17) is 0 Å². The number of carbonyl (C=O) groups excluding carboxylic acids is 2. The molecule has 0 N–H and O–H groups in total. The lowest BCUT2D eigenvalue weighted by Gasteiger charge is -2.28. The minimum atomic E-state index is -0.513. The van der Waals surface area contributed by atoms with Crippen LogP contribution in [0.2, 0.25) is 0 Å². The van der Waals surface area contributed by atoms with Crippen molar-refractivity contribution in [2.24, 2.45) is 0 Å². The van der Waals surface area contributed by atoms with Gasteiger partial charge in [0.25, 0.3) is 0 Å². The van der Waals surface area contributed by atoms with Crippen LogP contribution in [0.4, 0.5) is 0 Å². The first-order valence-electron chi connectivity index (χ1n) is 6.62. The Kier molecular flexibility index (Phi) is 6.50. The SMILES string of the molecule is C/C=C\CN(C(=O)CC(=O)OC)C(C)c1ccccc1. The van der Waals surface area contributed by atoms with Crippen molar-refractivity contribution in [3.05, 3.63) is 48.0 Å². The normalized spacial score (nSPS) is 12.2. The third kappa shape index (κ3) is 4.53. The molecule has 4 nitrogen and oxygen atoms in total. The highest BCUT2D eigenvalue weighted by molar-refractivity contribution is 5.94. The van der Waals surface area contributed by atoms with Crippen molar-refractivity contribution in [1.82, 2.24) is 4.90 Å². The van der Waals surface area contributed by atoms with Gasteiger partial charge in [0.1, 0.15) is 6.42 Å². The summed E-state index contributed by atoms with van der Waals surface area (Å²) in [5.74, 6) is -0.743. The molecular formula is C16H21NO3. The zero-order valence-corrected chi connectivity index (χ0v) is 12.2. The Balaban J connectivity index is 2.88. The van der Waals surface area contributed by atoms with E-state index in [-0.39, 0.29) is 18.4 Å². The van der Waals surface area contributed by atoms with Crippen LogP contribution < -0.4 is 0 Å². The fourth-order valence-electron chi connectivity index (χ4n) is 1.90. The van der Waals surface area contributed by atoms with E-state index in [2.05, 4.69) is 4.74 Å². The molecule has 0 spiro atoms. The van der Waals surface area contributed by atoms with Gasteiger partial charge in [0.05, 0.1) is 13.2 Å². The number of carbonyl (C=O) groups is 2. The second kappa shape index (κ2) is 8.15. The van der Waals surface area contributed by atoms with Gasteiger partial charge < -0.3 is 9.64 Å². The van der Waals surface area contributed by atoms with Crippen LogP contribution in [-0.4, -0.2) is 30.4 Å². The summed E-state index contributed by atoms with van der Waals surface area (Å²) in [6, 6.07) is 9.65. The van der Waals surface area contributed by atoms with Crippen LogP contribution in [0.5, 0.6) is 0 Å². The van der Waals surface area contributed by atoms with E-state index in [9.17, 15) is 9.59 Å². The minimum absolute atomic E-state index is 0.0930. The van der Waals surface area contributed by atoms with Crippen LogP contribution in [0, 0.1) is 0 Å². The number of ether oxygens (including phenoxy) is 1. The van der Waals surface area contributed by atoms with Gasteiger partial charge in [0, 0.05) is 6.54 Å². The van der Waals surface area contributed by atoms with Crippen LogP contribution in [0.25, 0.3) is 0 Å². The fraction of sp³-hybridized carbons (Fsp3) is 0.375. The van der Waals surface area contributed by atoms with Gasteiger partial charge in [-0.2, -0.15) is 0 Å². The maximum absolute atomic E-state index is 12.2. The Morgan fingerprint density at radius 1 is 1.30 bits per heavy atom. The Hall–Kier alpha value is -2.10. The van der Waals surface area contributed by atoms with Crippen molar-refractivity contribution in [2.45, 2.75) is 26.3 Å². The molecule has 1 aromatic carbocycles. The van der Waals surface area contributed by atoms with Crippen LogP contribution in [0.1, 0.15) is 31.9 Å². The first-order chi connectivity index (χ1) is 9.60. The van der Waals surface area contributed by atoms with E-state index >= 15 is 0 Å². The molecule has 108 valence electrons. The van der Waals surface area contributed by atoms with Gasteiger partial charge in [-0.25, -0.2) is 0 Å². The van der Waals surface area contributed by atoms with Crippen LogP contribution in [0.15, 0.2) is 42.5 Å². The van der Waals surface area contributed by atoms with Crippen molar-refractivity contribution in [1.29, 1.82) is 0 Å². The van der Waals surface area contributed by atoms with E-state index in [1.165, 1.54) is 7.11 Å². The Bertz CT molecular complexity index is 468. The Labute approximate surface area is 120 Å². The summed E-state index contributed by atoms with van der Waals surface area (Å²) in [6.45, 7) is 4.33. The number of hydrogen-bond donors (Lipinski definition) is 0. The van der Waals surface area contributed by atoms with Crippen molar-refractivity contribution < 1.29 is 14.3 Å². The molecule has 0 aliphatic rings. The topological polar surface area (TPSA) is 46.6 Å². The molecule has 0 aromatic heterocycles. The molecule has 1 amide bonds. The molecule has 1 unspecified atom stereocenters. The summed E-state index contributed by atoms with van der Waals surface area (Å²) in [4.78, 5) is 25.2. The predicted molar refractivity (Wildman–Crippen MR) is 78.0 cm³/mol. The van der Waals surface area contributed by atoms with Crippen molar-refractivity contribution >= 4 is 11.9 Å². The number of allylic oxidation sites excluding steroid dienone is 1. The first kappa shape index (κ1) is 16.0. The maximum Gasteiger partial charge on any atom is 0.315 e. The van der Waals surface area contributed by atoms with Gasteiger partial charge in [-0.1, -0.05) is 42.5 Å². The lowest BCUT2D eigenvalue weighted by atomic mass is 10.1. The molecule has 1 rings (SSSR count). The number of esters is 1. The van der Waals surface area contributed by atoms with E-state index in [0.29, 0.717) is 6.54 Å². The molecule has 0 aliphatic carbocycles. The summed E-state index contributed by atoms with van der Waals surface area (Å²) in [5, 5.41) is 0. The highest BCUT2D eigenvalue weighted by atomic mass is 16.5. The number of nitrogens with zero attached hydrogens (tertiary/aromatic N) is 1. The highest BCUT2D eigenvalue weighted by Crippen LogP contribution is 2.20. The van der Waals surface area contributed by atoms with Crippen LogP contribution in [-0.2, 0) is 14.3 Å². The lowest BCUT2D eigenvalue weighted by molar-refractivity contribution is -0.147. The molecular weight excluding hydrogens is 254 g/mol. The number of hydrogen-bond acceptors (Lipinski definition) is 3. The van der Waals surface area contributed by atoms with Gasteiger partial charge in [-0.05, 0) is 19.4 Å². The monoisotopic (exact) mass is 275 g/mol. The average Bonchev–Trinajstić information content (AvgIpc) is 2.48. The summed E-state index contributed by atoms with van der Waals surface area (Å²) >= 11 is 0. The van der Waals surface area contributed by atoms with Crippen molar-refractivity contribution in [2.75, 3.05) is 13.7 Å². The number of amides is 1. The molecule has 1 aromatic rings. The molecule has 4 heteroatoms. The summed E-state index contributed by atoms with van der Waals surface area (Å²) in [7, 11) is 1.28. The first-order valence-corrected chi connectivity index (χ1v) is 6.62. The van der Waals surface area contributed by atoms with Gasteiger partial charge in [-0.3, -0.25) is 9.59 Å². The highest BCUT2D eigenvalue weighted by Gasteiger charge is 2.22. The lowest BCUT2D eigenvalue weighted by Crippen LogP contribution is -2.35. The quantitative estimate of drug-likeness (QED) is 0.455. The third-order valence-corrected chi connectivity index (χ3v) is 3.13. The van der Waals surface area contributed by atoms with Crippen LogP contribution in [0.3, 0.4) is 0 Å². The molecule has 0 fully saturated rings. The molecule has 0 aliphatic heterocycles. The van der Waals surface area contributed by atoms with Crippen molar-refractivity contribution in [3.8, 4) is 0 Å². The Morgan fingerprint density at radius 2 is 1.95 bits per heavy atom. The maximum atomic E-state index is 12.2. The molecule has 0 saturated carbocycles. The summed E-state index contributed by atoms with van der Waals surface area (Å²) in [6.07, 6.45) is 3.55. The van der Waals surface area contributed by atoms with E-state index in [0.717, 1.165) is 5.56 Å². The Morgan fingerprint density at radius 3 is 2.50 bits per heavy atom. The van der Waals surface area contributed by atoms with Crippen LogP contribution >= 0.6 is 0 Å². The van der Waals surface area contributed by atoms with Gasteiger partial charge >= 0.3 is 5.97 Å². The van der Waals surface area contributed by atoms with Crippen molar-refractivity contribution in [3.63, 3.8) is 0 Å². The smallest absolute Gasteiger partial charge is 0.315 e. The zero-order valence-electron chi connectivity index (χ0n) is 12.2.